The molecule has 3 rings (SSSR count). The van der Waals surface area contributed by atoms with Crippen LogP contribution in [0.1, 0.15) is 27.8 Å². The summed E-state index contributed by atoms with van der Waals surface area (Å²) in [5.74, 6) is -0.597. The molecule has 160 valence electrons. The van der Waals surface area contributed by atoms with Gasteiger partial charge in [0.05, 0.1) is 37.8 Å². The number of nitrogens with one attached hydrogen (secondary N) is 1. The van der Waals surface area contributed by atoms with Gasteiger partial charge in [-0.05, 0) is 31.2 Å². The van der Waals surface area contributed by atoms with Gasteiger partial charge < -0.3 is 19.5 Å². The Hall–Kier alpha value is -4.14. The SMILES string of the molecule is CCOC(=O)c1nn(-c2ccccc2)c(=O)cc1NC(=O)c1ccc(OC)cc1OC. The number of amides is 1. The van der Waals surface area contributed by atoms with E-state index < -0.39 is 17.4 Å². The molecule has 0 fully saturated rings. The summed E-state index contributed by atoms with van der Waals surface area (Å²) < 4.78 is 16.5. The monoisotopic (exact) mass is 423 g/mol. The molecule has 0 aliphatic carbocycles. The summed E-state index contributed by atoms with van der Waals surface area (Å²) in [6.45, 7) is 1.75. The van der Waals surface area contributed by atoms with Gasteiger partial charge in [0, 0.05) is 12.1 Å². The van der Waals surface area contributed by atoms with Crippen molar-refractivity contribution in [1.82, 2.24) is 9.78 Å². The van der Waals surface area contributed by atoms with Crippen LogP contribution >= 0.6 is 0 Å². The number of hydrogen-bond donors (Lipinski definition) is 1. The Kier molecular flexibility index (Phi) is 6.66. The van der Waals surface area contributed by atoms with Gasteiger partial charge in [0.15, 0.2) is 5.69 Å². The Labute approximate surface area is 178 Å². The summed E-state index contributed by atoms with van der Waals surface area (Å²) in [6, 6.07) is 14.4. The number of carbonyl (C=O) groups is 2. The minimum Gasteiger partial charge on any atom is -0.497 e. The Morgan fingerprint density at radius 3 is 2.42 bits per heavy atom. The number of nitrogens with zero attached hydrogens (tertiary/aromatic N) is 2. The van der Waals surface area contributed by atoms with Crippen LogP contribution in [0.5, 0.6) is 11.5 Å². The van der Waals surface area contributed by atoms with E-state index >= 15 is 0 Å². The first-order valence-corrected chi connectivity index (χ1v) is 9.38. The molecule has 0 radical (unpaired) electrons. The number of esters is 1. The number of anilines is 1. The predicted molar refractivity (Wildman–Crippen MR) is 113 cm³/mol. The summed E-state index contributed by atoms with van der Waals surface area (Å²) in [4.78, 5) is 38.0. The maximum atomic E-state index is 12.9. The summed E-state index contributed by atoms with van der Waals surface area (Å²) in [7, 11) is 2.91. The third kappa shape index (κ3) is 4.72. The first-order valence-electron chi connectivity index (χ1n) is 9.38. The van der Waals surface area contributed by atoms with E-state index in [1.807, 2.05) is 0 Å². The van der Waals surface area contributed by atoms with Gasteiger partial charge in [0.1, 0.15) is 11.5 Å². The van der Waals surface area contributed by atoms with Crippen LogP contribution in [0.25, 0.3) is 5.69 Å². The van der Waals surface area contributed by atoms with Crippen molar-refractivity contribution in [3.8, 4) is 17.2 Å². The second kappa shape index (κ2) is 9.57. The molecule has 0 aliphatic rings. The van der Waals surface area contributed by atoms with Crippen LogP contribution in [-0.2, 0) is 4.74 Å². The number of carbonyl (C=O) groups excluding carboxylic acids is 2. The number of para-hydroxylation sites is 1. The normalized spacial score (nSPS) is 10.3. The highest BCUT2D eigenvalue weighted by Gasteiger charge is 2.22. The average molecular weight is 423 g/mol. The van der Waals surface area contributed by atoms with Crippen molar-refractivity contribution in [2.75, 3.05) is 26.1 Å². The van der Waals surface area contributed by atoms with Gasteiger partial charge in [0.2, 0.25) is 0 Å². The topological polar surface area (TPSA) is 109 Å². The molecule has 0 saturated heterocycles. The second-order valence-electron chi connectivity index (χ2n) is 6.23. The van der Waals surface area contributed by atoms with Gasteiger partial charge in [-0.2, -0.15) is 9.78 Å². The molecule has 3 aromatic rings. The van der Waals surface area contributed by atoms with Crippen molar-refractivity contribution in [1.29, 1.82) is 0 Å². The van der Waals surface area contributed by atoms with Crippen LogP contribution < -0.4 is 20.3 Å². The fraction of sp³-hybridized carbons (Fsp3) is 0.182. The molecule has 2 aromatic carbocycles. The number of rotatable bonds is 7. The number of aromatic nitrogens is 2. The highest BCUT2D eigenvalue weighted by molar-refractivity contribution is 6.08. The first kappa shape index (κ1) is 21.6. The fourth-order valence-electron chi connectivity index (χ4n) is 2.83. The van der Waals surface area contributed by atoms with E-state index in [4.69, 9.17) is 14.2 Å². The van der Waals surface area contributed by atoms with E-state index in [0.717, 1.165) is 10.7 Å². The molecule has 1 N–H and O–H groups in total. The van der Waals surface area contributed by atoms with Crippen molar-refractivity contribution < 1.29 is 23.8 Å². The van der Waals surface area contributed by atoms with Crippen molar-refractivity contribution in [2.24, 2.45) is 0 Å². The van der Waals surface area contributed by atoms with Gasteiger partial charge in [0.25, 0.3) is 11.5 Å². The molecular formula is C22H21N3O6. The van der Waals surface area contributed by atoms with Crippen LogP contribution in [0.3, 0.4) is 0 Å². The summed E-state index contributed by atoms with van der Waals surface area (Å²) in [5.41, 5.74) is -0.154. The first-order chi connectivity index (χ1) is 15.0. The Balaban J connectivity index is 2.04. The van der Waals surface area contributed by atoms with Crippen LogP contribution in [0.15, 0.2) is 59.4 Å². The van der Waals surface area contributed by atoms with E-state index in [2.05, 4.69) is 10.4 Å². The quantitative estimate of drug-likeness (QED) is 0.582. The Morgan fingerprint density at radius 1 is 1.03 bits per heavy atom. The molecule has 0 unspecified atom stereocenters. The molecule has 0 atom stereocenters. The van der Waals surface area contributed by atoms with E-state index in [0.29, 0.717) is 11.4 Å². The van der Waals surface area contributed by atoms with E-state index in [1.165, 1.54) is 20.3 Å². The molecule has 0 spiro atoms. The minimum atomic E-state index is -0.774. The second-order valence-corrected chi connectivity index (χ2v) is 6.23. The molecule has 1 amide bonds. The molecule has 0 bridgehead atoms. The molecule has 0 aliphatic heterocycles. The lowest BCUT2D eigenvalue weighted by atomic mass is 10.1. The molecule has 9 heteroatoms. The van der Waals surface area contributed by atoms with Crippen molar-refractivity contribution >= 4 is 17.6 Å². The Morgan fingerprint density at radius 2 is 1.77 bits per heavy atom. The molecule has 31 heavy (non-hydrogen) atoms. The van der Waals surface area contributed by atoms with Crippen molar-refractivity contribution in [2.45, 2.75) is 6.92 Å². The van der Waals surface area contributed by atoms with Crippen molar-refractivity contribution in [3.05, 3.63) is 76.2 Å². The zero-order valence-corrected chi connectivity index (χ0v) is 17.2. The number of ether oxygens (including phenoxy) is 3. The predicted octanol–water partition coefficient (Wildman–Crippen LogP) is 2.68. The zero-order valence-electron chi connectivity index (χ0n) is 17.2. The summed E-state index contributed by atoms with van der Waals surface area (Å²) in [5, 5.41) is 6.70. The summed E-state index contributed by atoms with van der Waals surface area (Å²) in [6.07, 6.45) is 0. The number of methoxy groups -OCH3 is 2. The zero-order chi connectivity index (χ0) is 22.4. The van der Waals surface area contributed by atoms with E-state index in [9.17, 15) is 14.4 Å². The van der Waals surface area contributed by atoms with Gasteiger partial charge in [-0.3, -0.25) is 9.59 Å². The third-order valence-corrected chi connectivity index (χ3v) is 4.30. The van der Waals surface area contributed by atoms with E-state index in [1.54, 1.807) is 49.4 Å². The van der Waals surface area contributed by atoms with Crippen LogP contribution in [0.4, 0.5) is 5.69 Å². The molecule has 0 saturated carbocycles. The lowest BCUT2D eigenvalue weighted by Gasteiger charge is -2.14. The van der Waals surface area contributed by atoms with Gasteiger partial charge in [-0.25, -0.2) is 4.79 Å². The van der Waals surface area contributed by atoms with Crippen LogP contribution in [0.2, 0.25) is 0 Å². The van der Waals surface area contributed by atoms with E-state index in [-0.39, 0.29) is 29.3 Å². The van der Waals surface area contributed by atoms with Crippen molar-refractivity contribution in [3.63, 3.8) is 0 Å². The minimum absolute atomic E-state index is 0.0708. The number of benzene rings is 2. The lowest BCUT2D eigenvalue weighted by molar-refractivity contribution is 0.0518. The Bertz CT molecular complexity index is 1160. The van der Waals surface area contributed by atoms with Crippen LogP contribution in [0, 0.1) is 0 Å². The van der Waals surface area contributed by atoms with Gasteiger partial charge in [-0.1, -0.05) is 18.2 Å². The van der Waals surface area contributed by atoms with Crippen LogP contribution in [-0.4, -0.2) is 42.5 Å². The van der Waals surface area contributed by atoms with Gasteiger partial charge in [-0.15, -0.1) is 0 Å². The molecule has 9 nitrogen and oxygen atoms in total. The largest absolute Gasteiger partial charge is 0.497 e. The lowest BCUT2D eigenvalue weighted by Crippen LogP contribution is -2.27. The summed E-state index contributed by atoms with van der Waals surface area (Å²) >= 11 is 0. The smallest absolute Gasteiger partial charge is 0.360 e. The molecule has 1 heterocycles. The number of hydrogen-bond acceptors (Lipinski definition) is 7. The highest BCUT2D eigenvalue weighted by atomic mass is 16.5. The van der Waals surface area contributed by atoms with Gasteiger partial charge >= 0.3 is 5.97 Å². The molecule has 1 aromatic heterocycles. The third-order valence-electron chi connectivity index (χ3n) is 4.30. The maximum absolute atomic E-state index is 12.9. The highest BCUT2D eigenvalue weighted by Crippen LogP contribution is 2.26. The standard InChI is InChI=1S/C22H21N3O6/c1-4-31-22(28)20-17(13-19(26)25(24-20)14-8-6-5-7-9-14)23-21(27)16-11-10-15(29-2)12-18(16)30-3/h5-13H,4H2,1-3H3,(H,23,27). The fourth-order valence-corrected chi connectivity index (χ4v) is 2.83. The molecular weight excluding hydrogens is 402 g/mol. The average Bonchev–Trinajstić information content (AvgIpc) is 2.79. The maximum Gasteiger partial charge on any atom is 0.360 e.